The molecule has 0 saturated heterocycles. The molecule has 8 heteroatoms. The lowest BCUT2D eigenvalue weighted by molar-refractivity contribution is 0.201. The zero-order valence-corrected chi connectivity index (χ0v) is 17.6. The Morgan fingerprint density at radius 3 is 2.23 bits per heavy atom. The molecule has 0 radical (unpaired) electrons. The van der Waals surface area contributed by atoms with Gasteiger partial charge in [-0.15, -0.1) is 5.10 Å². The minimum Gasteiger partial charge on any atom is -0.497 e. The van der Waals surface area contributed by atoms with Crippen LogP contribution >= 0.6 is 0 Å². The highest BCUT2D eigenvalue weighted by Gasteiger charge is 2.19. The first kappa shape index (κ1) is 21.2. The second kappa shape index (κ2) is 9.32. The number of hydrogen-bond donors (Lipinski definition) is 1. The Labute approximate surface area is 175 Å². The largest absolute Gasteiger partial charge is 0.497 e. The van der Waals surface area contributed by atoms with E-state index in [1.54, 1.807) is 32.9 Å². The summed E-state index contributed by atoms with van der Waals surface area (Å²) in [5, 5.41) is 13.6. The van der Waals surface area contributed by atoms with Gasteiger partial charge in [0.2, 0.25) is 0 Å². The first-order valence-corrected chi connectivity index (χ1v) is 9.48. The molecule has 2 amide bonds. The van der Waals surface area contributed by atoms with E-state index in [1.807, 2.05) is 54.6 Å². The lowest BCUT2D eigenvalue weighted by Crippen LogP contribution is -2.36. The second-order valence-corrected chi connectivity index (χ2v) is 6.83. The number of carbonyl (C=O) groups excluding carboxylic acids is 1. The number of hydrogen-bond acceptors (Lipinski definition) is 5. The van der Waals surface area contributed by atoms with Gasteiger partial charge in [0, 0.05) is 32.8 Å². The number of ether oxygens (including phenoxy) is 2. The summed E-state index contributed by atoms with van der Waals surface area (Å²) in [4.78, 5) is 15.4. The van der Waals surface area contributed by atoms with Gasteiger partial charge in [0.15, 0.2) is 5.82 Å². The summed E-state index contributed by atoms with van der Waals surface area (Å²) in [6, 6.07) is 16.8. The molecule has 1 aromatic heterocycles. The molecule has 3 rings (SSSR count). The molecule has 0 aliphatic carbocycles. The Hall–Kier alpha value is -3.52. The van der Waals surface area contributed by atoms with Gasteiger partial charge < -0.3 is 19.5 Å². The van der Waals surface area contributed by atoms with E-state index in [0.29, 0.717) is 11.6 Å². The summed E-state index contributed by atoms with van der Waals surface area (Å²) < 4.78 is 12.5. The van der Waals surface area contributed by atoms with Crippen molar-refractivity contribution < 1.29 is 19.4 Å². The van der Waals surface area contributed by atoms with E-state index in [9.17, 15) is 4.79 Å². The molecule has 3 aromatic rings. The van der Waals surface area contributed by atoms with Crippen molar-refractivity contribution in [3.8, 4) is 28.4 Å². The van der Waals surface area contributed by atoms with E-state index in [2.05, 4.69) is 5.10 Å². The lowest BCUT2D eigenvalue weighted by Gasteiger charge is -2.19. The summed E-state index contributed by atoms with van der Waals surface area (Å²) in [5.41, 5.74) is 2.57. The van der Waals surface area contributed by atoms with Crippen molar-refractivity contribution >= 4 is 11.8 Å². The van der Waals surface area contributed by atoms with Crippen molar-refractivity contribution in [3.05, 3.63) is 54.6 Å². The van der Waals surface area contributed by atoms with Crippen LogP contribution in [0, 0.1) is 0 Å². The third-order valence-corrected chi connectivity index (χ3v) is 4.54. The van der Waals surface area contributed by atoms with Gasteiger partial charge >= 0.3 is 6.03 Å². The third kappa shape index (κ3) is 4.55. The number of benzene rings is 2. The molecule has 1 N–H and O–H groups in total. The van der Waals surface area contributed by atoms with E-state index < -0.39 is 0 Å². The molecule has 2 aromatic carbocycles. The average Bonchev–Trinajstić information content (AvgIpc) is 3.22. The first-order valence-electron chi connectivity index (χ1n) is 9.48. The smallest absolute Gasteiger partial charge is 0.324 e. The first-order chi connectivity index (χ1) is 14.4. The number of carbonyl (C=O) groups is 1. The Bertz CT molecular complexity index is 981. The zero-order valence-electron chi connectivity index (χ0n) is 17.6. The van der Waals surface area contributed by atoms with Crippen LogP contribution in [-0.4, -0.2) is 67.3 Å². The highest BCUT2D eigenvalue weighted by molar-refractivity contribution is 5.90. The molecule has 30 heavy (non-hydrogen) atoms. The Balaban J connectivity index is 2.03. The quantitative estimate of drug-likeness (QED) is 0.648. The Morgan fingerprint density at radius 1 is 1.03 bits per heavy atom. The molecule has 0 bridgehead atoms. The van der Waals surface area contributed by atoms with Gasteiger partial charge in [-0.2, -0.15) is 0 Å². The summed E-state index contributed by atoms with van der Waals surface area (Å²) in [5.74, 6) is 1.95. The normalized spacial score (nSPS) is 10.6. The maximum absolute atomic E-state index is 12.4. The van der Waals surface area contributed by atoms with Gasteiger partial charge in [-0.05, 0) is 48.5 Å². The Kier molecular flexibility index (Phi) is 6.58. The van der Waals surface area contributed by atoms with Crippen LogP contribution in [0.4, 0.5) is 10.6 Å². The van der Waals surface area contributed by atoms with Crippen LogP contribution in [0.25, 0.3) is 16.9 Å². The van der Waals surface area contributed by atoms with Crippen molar-refractivity contribution in [2.75, 3.05) is 46.4 Å². The number of methoxy groups -OCH3 is 1. The number of aromatic nitrogens is 2. The van der Waals surface area contributed by atoms with Gasteiger partial charge in [-0.25, -0.2) is 9.48 Å². The molecule has 1 heterocycles. The number of urea groups is 1. The fourth-order valence-electron chi connectivity index (χ4n) is 2.94. The lowest BCUT2D eigenvalue weighted by atomic mass is 10.1. The number of amides is 2. The van der Waals surface area contributed by atoms with Crippen LogP contribution in [-0.2, 0) is 0 Å². The highest BCUT2D eigenvalue weighted by Crippen LogP contribution is 2.29. The summed E-state index contributed by atoms with van der Waals surface area (Å²) >= 11 is 0. The van der Waals surface area contributed by atoms with Crippen LogP contribution in [0.5, 0.6) is 11.5 Å². The molecular weight excluding hydrogens is 384 g/mol. The minimum atomic E-state index is -0.173. The molecule has 158 valence electrons. The predicted octanol–water partition coefficient (Wildman–Crippen LogP) is 3.04. The number of nitrogens with zero attached hydrogens (tertiary/aromatic N) is 4. The van der Waals surface area contributed by atoms with E-state index >= 15 is 0 Å². The summed E-state index contributed by atoms with van der Waals surface area (Å²) in [6.07, 6.45) is 0. The zero-order chi connectivity index (χ0) is 21.7. The fraction of sp³-hybridized carbons (Fsp3) is 0.273. The highest BCUT2D eigenvalue weighted by atomic mass is 16.5. The van der Waals surface area contributed by atoms with Gasteiger partial charge in [0.05, 0.1) is 25.1 Å². The molecule has 0 saturated carbocycles. The van der Waals surface area contributed by atoms with Gasteiger partial charge in [-0.3, -0.25) is 4.90 Å². The van der Waals surface area contributed by atoms with Gasteiger partial charge in [0.25, 0.3) is 0 Å². The van der Waals surface area contributed by atoms with Crippen LogP contribution in [0.15, 0.2) is 54.6 Å². The standard InChI is InChI=1S/C22H26N4O4/c1-24(2)22(28)25(3)21-15-20(16-5-9-19(10-6-16)30-14-13-27)26(23-21)17-7-11-18(29-4)12-8-17/h5-12,15,27H,13-14H2,1-4H3. The molecular formula is C22H26N4O4. The van der Waals surface area contributed by atoms with Gasteiger partial charge in [0.1, 0.15) is 18.1 Å². The van der Waals surface area contributed by atoms with Crippen LogP contribution in [0.1, 0.15) is 0 Å². The third-order valence-electron chi connectivity index (χ3n) is 4.54. The monoisotopic (exact) mass is 410 g/mol. The van der Waals surface area contributed by atoms with Crippen molar-refractivity contribution in [1.29, 1.82) is 0 Å². The van der Waals surface area contributed by atoms with E-state index in [1.165, 1.54) is 9.80 Å². The van der Waals surface area contributed by atoms with Crippen LogP contribution in [0.3, 0.4) is 0 Å². The number of anilines is 1. The van der Waals surface area contributed by atoms with Crippen molar-refractivity contribution in [3.63, 3.8) is 0 Å². The van der Waals surface area contributed by atoms with Crippen molar-refractivity contribution in [1.82, 2.24) is 14.7 Å². The summed E-state index contributed by atoms with van der Waals surface area (Å²) in [6.45, 7) is 0.201. The van der Waals surface area contributed by atoms with Crippen LogP contribution < -0.4 is 14.4 Å². The number of rotatable bonds is 7. The molecule has 0 fully saturated rings. The van der Waals surface area contributed by atoms with E-state index in [-0.39, 0.29) is 19.2 Å². The number of aliphatic hydroxyl groups is 1. The maximum atomic E-state index is 12.4. The molecule has 8 nitrogen and oxygen atoms in total. The maximum Gasteiger partial charge on any atom is 0.324 e. The topological polar surface area (TPSA) is 80.1 Å². The Morgan fingerprint density at radius 2 is 1.67 bits per heavy atom. The minimum absolute atomic E-state index is 0.0401. The fourth-order valence-corrected chi connectivity index (χ4v) is 2.94. The average molecular weight is 410 g/mol. The molecule has 0 aliphatic rings. The van der Waals surface area contributed by atoms with Crippen molar-refractivity contribution in [2.24, 2.45) is 0 Å². The molecule has 0 spiro atoms. The van der Waals surface area contributed by atoms with E-state index in [4.69, 9.17) is 14.6 Å². The van der Waals surface area contributed by atoms with E-state index in [0.717, 1.165) is 22.7 Å². The summed E-state index contributed by atoms with van der Waals surface area (Å²) in [7, 11) is 6.71. The number of aliphatic hydroxyl groups excluding tert-OH is 1. The predicted molar refractivity (Wildman–Crippen MR) is 116 cm³/mol. The molecule has 0 atom stereocenters. The van der Waals surface area contributed by atoms with Crippen molar-refractivity contribution in [2.45, 2.75) is 0 Å². The SMILES string of the molecule is COc1ccc(-n2nc(N(C)C(=O)N(C)C)cc2-c2ccc(OCCO)cc2)cc1. The second-order valence-electron chi connectivity index (χ2n) is 6.83. The van der Waals surface area contributed by atoms with Crippen LogP contribution in [0.2, 0.25) is 0 Å². The van der Waals surface area contributed by atoms with Gasteiger partial charge in [-0.1, -0.05) is 0 Å². The molecule has 0 unspecified atom stereocenters. The molecule has 0 aliphatic heterocycles.